The van der Waals surface area contributed by atoms with Crippen LogP contribution in [0.5, 0.6) is 0 Å². The van der Waals surface area contributed by atoms with Crippen LogP contribution in [0.2, 0.25) is 0 Å². The molecule has 1 saturated heterocycles. The molecule has 0 aliphatic carbocycles. The van der Waals surface area contributed by atoms with Crippen molar-refractivity contribution in [2.24, 2.45) is 0 Å². The summed E-state index contributed by atoms with van der Waals surface area (Å²) in [7, 11) is 0. The van der Waals surface area contributed by atoms with Crippen LogP contribution in [-0.2, 0) is 4.79 Å². The number of amides is 2. The number of hydrogen-bond donors (Lipinski definition) is 1. The van der Waals surface area contributed by atoms with E-state index in [2.05, 4.69) is 15.4 Å². The van der Waals surface area contributed by atoms with Crippen molar-refractivity contribution in [1.29, 1.82) is 0 Å². The number of carbonyl (C=O) groups excluding carboxylic acids is 2. The highest BCUT2D eigenvalue weighted by Gasteiger charge is 2.23. The van der Waals surface area contributed by atoms with E-state index in [9.17, 15) is 9.59 Å². The Bertz CT molecular complexity index is 478. The van der Waals surface area contributed by atoms with Crippen molar-refractivity contribution in [3.05, 3.63) is 17.5 Å². The molecule has 7 nitrogen and oxygen atoms in total. The second-order valence-corrected chi connectivity index (χ2v) is 4.94. The summed E-state index contributed by atoms with van der Waals surface area (Å²) < 4.78 is 4.92. The quantitative estimate of drug-likeness (QED) is 0.831. The van der Waals surface area contributed by atoms with Gasteiger partial charge in [0, 0.05) is 52.3 Å². The molecule has 1 aromatic rings. The number of carbonyl (C=O) groups is 2. The number of aromatic nitrogens is 1. The van der Waals surface area contributed by atoms with Crippen molar-refractivity contribution in [3.8, 4) is 0 Å². The van der Waals surface area contributed by atoms with Gasteiger partial charge < -0.3 is 14.7 Å². The molecule has 2 amide bonds. The predicted molar refractivity (Wildman–Crippen MR) is 72.3 cm³/mol. The molecule has 0 aromatic carbocycles. The van der Waals surface area contributed by atoms with E-state index in [4.69, 9.17) is 4.52 Å². The lowest BCUT2D eigenvalue weighted by Crippen LogP contribution is -2.50. The first-order valence-electron chi connectivity index (χ1n) is 6.75. The van der Waals surface area contributed by atoms with Gasteiger partial charge in [0.2, 0.25) is 5.91 Å². The Kier molecular flexibility index (Phi) is 4.73. The van der Waals surface area contributed by atoms with E-state index in [1.807, 2.05) is 0 Å². The smallest absolute Gasteiger partial charge is 0.276 e. The normalized spacial score (nSPS) is 16.2. The first-order chi connectivity index (χ1) is 9.56. The maximum absolute atomic E-state index is 12.2. The maximum Gasteiger partial charge on any atom is 0.276 e. The average molecular weight is 280 g/mol. The number of hydrogen-bond acceptors (Lipinski definition) is 5. The Hall–Kier alpha value is -1.89. The number of piperazine rings is 1. The number of aryl methyl sites for hydroxylation is 1. The van der Waals surface area contributed by atoms with Crippen LogP contribution in [0.3, 0.4) is 0 Å². The summed E-state index contributed by atoms with van der Waals surface area (Å²) in [6, 6.07) is 1.66. The maximum atomic E-state index is 12.2. The van der Waals surface area contributed by atoms with E-state index in [0.717, 1.165) is 19.6 Å². The highest BCUT2D eigenvalue weighted by molar-refractivity contribution is 5.92. The van der Waals surface area contributed by atoms with Crippen LogP contribution in [-0.4, -0.2) is 66.0 Å². The molecule has 1 N–H and O–H groups in total. The predicted octanol–water partition coefficient (Wildman–Crippen LogP) is -0.123. The molecule has 7 heteroatoms. The van der Waals surface area contributed by atoms with Gasteiger partial charge in [-0.3, -0.25) is 14.5 Å². The van der Waals surface area contributed by atoms with Gasteiger partial charge in [0.05, 0.1) is 0 Å². The van der Waals surface area contributed by atoms with E-state index in [1.165, 1.54) is 6.92 Å². The van der Waals surface area contributed by atoms with Crippen molar-refractivity contribution < 1.29 is 14.1 Å². The zero-order chi connectivity index (χ0) is 14.5. The fourth-order valence-corrected chi connectivity index (χ4v) is 2.19. The van der Waals surface area contributed by atoms with E-state index < -0.39 is 0 Å². The second-order valence-electron chi connectivity index (χ2n) is 4.94. The Morgan fingerprint density at radius 3 is 2.60 bits per heavy atom. The standard InChI is InChI=1S/C13H20N4O3/c1-10-9-12(15-20-10)13(19)17-7-5-16(6-8-17)4-3-14-11(2)18/h9H,3-8H2,1-2H3,(H,14,18). The average Bonchev–Trinajstić information content (AvgIpc) is 2.85. The number of nitrogens with zero attached hydrogens (tertiary/aromatic N) is 3. The van der Waals surface area contributed by atoms with E-state index >= 15 is 0 Å². The largest absolute Gasteiger partial charge is 0.361 e. The SMILES string of the molecule is CC(=O)NCCN1CCN(C(=O)c2cc(C)on2)CC1. The molecule has 0 atom stereocenters. The monoisotopic (exact) mass is 280 g/mol. The lowest BCUT2D eigenvalue weighted by Gasteiger charge is -2.34. The van der Waals surface area contributed by atoms with Gasteiger partial charge in [-0.2, -0.15) is 0 Å². The Balaban J connectivity index is 1.76. The lowest BCUT2D eigenvalue weighted by molar-refractivity contribution is -0.119. The zero-order valence-corrected chi connectivity index (χ0v) is 11.9. The Morgan fingerprint density at radius 1 is 1.35 bits per heavy atom. The van der Waals surface area contributed by atoms with Gasteiger partial charge in [-0.25, -0.2) is 0 Å². The lowest BCUT2D eigenvalue weighted by atomic mass is 10.2. The first kappa shape index (κ1) is 14.5. The molecular formula is C13H20N4O3. The van der Waals surface area contributed by atoms with Gasteiger partial charge in [-0.1, -0.05) is 5.16 Å². The van der Waals surface area contributed by atoms with Gasteiger partial charge in [-0.15, -0.1) is 0 Å². The van der Waals surface area contributed by atoms with Gasteiger partial charge >= 0.3 is 0 Å². The fraction of sp³-hybridized carbons (Fsp3) is 0.615. The van der Waals surface area contributed by atoms with Crippen molar-refractivity contribution in [2.45, 2.75) is 13.8 Å². The van der Waals surface area contributed by atoms with Crippen LogP contribution in [0.15, 0.2) is 10.6 Å². The van der Waals surface area contributed by atoms with Crippen LogP contribution >= 0.6 is 0 Å². The van der Waals surface area contributed by atoms with Gasteiger partial charge in [0.1, 0.15) is 5.76 Å². The van der Waals surface area contributed by atoms with Crippen LogP contribution in [0, 0.1) is 6.92 Å². The molecule has 110 valence electrons. The highest BCUT2D eigenvalue weighted by atomic mass is 16.5. The van der Waals surface area contributed by atoms with Crippen LogP contribution in [0.1, 0.15) is 23.2 Å². The first-order valence-corrected chi connectivity index (χ1v) is 6.75. The highest BCUT2D eigenvalue weighted by Crippen LogP contribution is 2.09. The summed E-state index contributed by atoms with van der Waals surface area (Å²) in [6.07, 6.45) is 0. The van der Waals surface area contributed by atoms with Gasteiger partial charge in [-0.05, 0) is 6.92 Å². The Labute approximate surface area is 117 Å². The topological polar surface area (TPSA) is 78.7 Å². The third kappa shape index (κ3) is 3.80. The molecule has 1 fully saturated rings. The van der Waals surface area contributed by atoms with Crippen LogP contribution in [0.25, 0.3) is 0 Å². The van der Waals surface area contributed by atoms with Gasteiger partial charge in [0.25, 0.3) is 5.91 Å². The molecule has 0 unspecified atom stereocenters. The summed E-state index contributed by atoms with van der Waals surface area (Å²) >= 11 is 0. The van der Waals surface area contributed by atoms with E-state index in [0.29, 0.717) is 31.1 Å². The number of rotatable bonds is 4. The molecule has 0 spiro atoms. The summed E-state index contributed by atoms with van der Waals surface area (Å²) in [5.74, 6) is 0.547. The minimum Gasteiger partial charge on any atom is -0.361 e. The zero-order valence-electron chi connectivity index (χ0n) is 11.9. The molecule has 2 heterocycles. The molecule has 20 heavy (non-hydrogen) atoms. The number of nitrogens with one attached hydrogen (secondary N) is 1. The molecular weight excluding hydrogens is 260 g/mol. The Morgan fingerprint density at radius 2 is 2.05 bits per heavy atom. The summed E-state index contributed by atoms with van der Waals surface area (Å²) in [5.41, 5.74) is 0.370. The molecule has 0 bridgehead atoms. The molecule has 2 rings (SSSR count). The van der Waals surface area contributed by atoms with Crippen molar-refractivity contribution in [1.82, 2.24) is 20.3 Å². The molecule has 1 aromatic heterocycles. The van der Waals surface area contributed by atoms with Gasteiger partial charge in [0.15, 0.2) is 5.69 Å². The second kappa shape index (κ2) is 6.51. The summed E-state index contributed by atoms with van der Waals surface area (Å²) in [5, 5.41) is 6.52. The van der Waals surface area contributed by atoms with Crippen molar-refractivity contribution in [2.75, 3.05) is 39.3 Å². The third-order valence-electron chi connectivity index (χ3n) is 3.31. The van der Waals surface area contributed by atoms with E-state index in [-0.39, 0.29) is 11.8 Å². The van der Waals surface area contributed by atoms with Crippen molar-refractivity contribution >= 4 is 11.8 Å². The summed E-state index contributed by atoms with van der Waals surface area (Å²) in [6.45, 7) is 7.69. The fourth-order valence-electron chi connectivity index (χ4n) is 2.19. The molecule has 0 saturated carbocycles. The van der Waals surface area contributed by atoms with Crippen LogP contribution in [0.4, 0.5) is 0 Å². The molecule has 0 radical (unpaired) electrons. The van der Waals surface area contributed by atoms with Crippen LogP contribution < -0.4 is 5.32 Å². The van der Waals surface area contributed by atoms with E-state index in [1.54, 1.807) is 17.9 Å². The minimum absolute atomic E-state index is 0.0137. The van der Waals surface area contributed by atoms with Crippen molar-refractivity contribution in [3.63, 3.8) is 0 Å². The third-order valence-corrected chi connectivity index (χ3v) is 3.31. The molecule has 1 aliphatic heterocycles. The minimum atomic E-state index is -0.0802. The molecule has 1 aliphatic rings. The summed E-state index contributed by atoms with van der Waals surface area (Å²) in [4.78, 5) is 27.0.